The van der Waals surface area contributed by atoms with E-state index in [4.69, 9.17) is 0 Å². The molecular weight excluding hydrogens is 374 g/mol. The second kappa shape index (κ2) is 5.92. The predicted molar refractivity (Wildman–Crippen MR) is 89.1 cm³/mol. The fourth-order valence-corrected chi connectivity index (χ4v) is 5.82. The van der Waals surface area contributed by atoms with Crippen LogP contribution in [0.15, 0.2) is 14.1 Å². The maximum Gasteiger partial charge on any atom is 0.250 e. The van der Waals surface area contributed by atoms with Crippen LogP contribution in [0.3, 0.4) is 0 Å². The lowest BCUT2D eigenvalue weighted by atomic mass is 9.71. The molecule has 0 bridgehead atoms. The van der Waals surface area contributed by atoms with Crippen molar-refractivity contribution in [2.45, 2.75) is 56.3 Å². The van der Waals surface area contributed by atoms with Crippen molar-refractivity contribution in [1.82, 2.24) is 4.72 Å². The normalized spacial score (nSPS) is 21.4. The third kappa shape index (κ3) is 4.28. The van der Waals surface area contributed by atoms with Crippen LogP contribution >= 0.6 is 27.3 Å². The average Bonchev–Trinajstić information content (AvgIpc) is 2.73. The smallest absolute Gasteiger partial charge is 0.250 e. The van der Waals surface area contributed by atoms with Crippen LogP contribution in [0.2, 0.25) is 0 Å². The first-order valence-corrected chi connectivity index (χ1v) is 10.1. The van der Waals surface area contributed by atoms with Crippen molar-refractivity contribution in [1.29, 1.82) is 0 Å². The van der Waals surface area contributed by atoms with E-state index >= 15 is 0 Å². The Labute approximate surface area is 139 Å². The Morgan fingerprint density at radius 2 is 1.90 bits per heavy atom. The number of rotatable bonds is 4. The highest BCUT2D eigenvalue weighted by atomic mass is 79.9. The minimum atomic E-state index is -3.55. The molecule has 0 spiro atoms. The lowest BCUT2D eigenvalue weighted by Crippen LogP contribution is -2.46. The molecule has 0 radical (unpaired) electrons. The molecule has 0 aromatic carbocycles. The molecule has 1 fully saturated rings. The molecular formula is C14H22BrNO3S2. The van der Waals surface area contributed by atoms with Crippen molar-refractivity contribution in [3.05, 3.63) is 15.4 Å². The first-order valence-electron chi connectivity index (χ1n) is 7.01. The summed E-state index contributed by atoms with van der Waals surface area (Å²) >= 11 is 4.53. The van der Waals surface area contributed by atoms with Crippen molar-refractivity contribution in [2.24, 2.45) is 5.41 Å². The molecule has 1 saturated carbocycles. The molecule has 1 aliphatic rings. The number of halogens is 1. The zero-order chi connectivity index (χ0) is 15.9. The predicted octanol–water partition coefficient (Wildman–Crippen LogP) is 3.43. The maximum atomic E-state index is 12.3. The van der Waals surface area contributed by atoms with E-state index < -0.39 is 15.6 Å². The van der Waals surface area contributed by atoms with Crippen LogP contribution in [0.4, 0.5) is 0 Å². The lowest BCUT2D eigenvalue weighted by molar-refractivity contribution is -0.0205. The minimum Gasteiger partial charge on any atom is -0.389 e. The van der Waals surface area contributed by atoms with Crippen LogP contribution in [-0.4, -0.2) is 25.7 Å². The van der Waals surface area contributed by atoms with Gasteiger partial charge in [0.25, 0.3) is 0 Å². The Kier molecular flexibility index (Phi) is 4.91. The molecule has 0 amide bonds. The van der Waals surface area contributed by atoms with Gasteiger partial charge in [-0.25, -0.2) is 13.1 Å². The number of thiophene rings is 1. The van der Waals surface area contributed by atoms with Crippen molar-refractivity contribution in [3.8, 4) is 0 Å². The maximum absolute atomic E-state index is 12.3. The topological polar surface area (TPSA) is 66.4 Å². The number of sulfonamides is 1. The molecule has 1 aromatic rings. The first kappa shape index (κ1) is 17.4. The Hall–Kier alpha value is 0.0500. The average molecular weight is 396 g/mol. The van der Waals surface area contributed by atoms with E-state index in [9.17, 15) is 13.5 Å². The van der Waals surface area contributed by atoms with Gasteiger partial charge in [0.15, 0.2) is 0 Å². The summed E-state index contributed by atoms with van der Waals surface area (Å²) < 4.78 is 28.2. The third-order valence-corrected chi connectivity index (χ3v) is 8.24. The Morgan fingerprint density at radius 3 is 2.38 bits per heavy atom. The molecule has 2 N–H and O–H groups in total. The van der Waals surface area contributed by atoms with E-state index in [1.54, 1.807) is 6.07 Å². The Bertz CT molecular complexity index is 593. The van der Waals surface area contributed by atoms with Crippen LogP contribution in [0.5, 0.6) is 0 Å². The van der Waals surface area contributed by atoms with Gasteiger partial charge in [0.05, 0.1) is 9.39 Å². The molecule has 120 valence electrons. The van der Waals surface area contributed by atoms with E-state index in [1.165, 1.54) is 11.3 Å². The third-order valence-electron chi connectivity index (χ3n) is 4.22. The number of hydrogen-bond acceptors (Lipinski definition) is 4. The summed E-state index contributed by atoms with van der Waals surface area (Å²) in [6.07, 6.45) is 3.09. The van der Waals surface area contributed by atoms with Crippen LogP contribution in [0, 0.1) is 12.3 Å². The number of aliphatic hydroxyl groups is 1. The van der Waals surface area contributed by atoms with Gasteiger partial charge < -0.3 is 5.11 Å². The molecule has 0 unspecified atom stereocenters. The van der Waals surface area contributed by atoms with Gasteiger partial charge in [-0.15, -0.1) is 11.3 Å². The van der Waals surface area contributed by atoms with E-state index in [-0.39, 0.29) is 16.2 Å². The van der Waals surface area contributed by atoms with Gasteiger partial charge in [-0.2, -0.15) is 0 Å². The quantitative estimate of drug-likeness (QED) is 0.820. The molecule has 0 aliphatic heterocycles. The van der Waals surface area contributed by atoms with E-state index in [0.29, 0.717) is 12.8 Å². The second-order valence-corrected chi connectivity index (χ2v) is 11.1. The minimum absolute atomic E-state index is 0.0833. The van der Waals surface area contributed by atoms with Crippen LogP contribution < -0.4 is 4.72 Å². The van der Waals surface area contributed by atoms with Gasteiger partial charge >= 0.3 is 0 Å². The highest BCUT2D eigenvalue weighted by molar-refractivity contribution is 9.11. The fourth-order valence-electron chi connectivity index (χ4n) is 2.43. The molecule has 2 rings (SSSR count). The number of hydrogen-bond donors (Lipinski definition) is 2. The van der Waals surface area contributed by atoms with Crippen molar-refractivity contribution < 1.29 is 13.5 Å². The zero-order valence-electron chi connectivity index (χ0n) is 12.6. The lowest BCUT2D eigenvalue weighted by Gasteiger charge is -2.40. The highest BCUT2D eigenvalue weighted by Gasteiger charge is 2.37. The molecule has 0 atom stereocenters. The van der Waals surface area contributed by atoms with Crippen LogP contribution in [0.1, 0.15) is 45.1 Å². The van der Waals surface area contributed by atoms with E-state index in [1.807, 2.05) is 6.92 Å². The summed E-state index contributed by atoms with van der Waals surface area (Å²) in [6, 6.07) is 1.64. The van der Waals surface area contributed by atoms with Gasteiger partial charge in [-0.3, -0.25) is 0 Å². The van der Waals surface area contributed by atoms with Crippen molar-refractivity contribution in [2.75, 3.05) is 6.54 Å². The molecule has 1 heterocycles. The summed E-state index contributed by atoms with van der Waals surface area (Å²) in [7, 11) is -3.55. The van der Waals surface area contributed by atoms with Crippen LogP contribution in [0.25, 0.3) is 0 Å². The standard InChI is InChI=1S/C14H22BrNO3S2/c1-10-8-11(20-12(10)15)21(18,19)16-9-14(17)6-4-13(2,3)5-7-14/h8,16-17H,4-7,9H2,1-3H3. The molecule has 1 aromatic heterocycles. The summed E-state index contributed by atoms with van der Waals surface area (Å²) in [6.45, 7) is 6.31. The molecule has 7 heteroatoms. The fraction of sp³-hybridized carbons (Fsp3) is 0.714. The SMILES string of the molecule is Cc1cc(S(=O)(=O)NCC2(O)CCC(C)(C)CC2)sc1Br. The molecule has 21 heavy (non-hydrogen) atoms. The van der Waals surface area contributed by atoms with Gasteiger partial charge in [-0.1, -0.05) is 13.8 Å². The van der Waals surface area contributed by atoms with Gasteiger partial charge in [0, 0.05) is 6.54 Å². The first-order chi connectivity index (χ1) is 9.53. The summed E-state index contributed by atoms with van der Waals surface area (Å²) in [5.41, 5.74) is 0.214. The molecule has 4 nitrogen and oxygen atoms in total. The molecule has 1 aliphatic carbocycles. The summed E-state index contributed by atoms with van der Waals surface area (Å²) in [5.74, 6) is 0. The monoisotopic (exact) mass is 395 g/mol. The largest absolute Gasteiger partial charge is 0.389 e. The van der Waals surface area contributed by atoms with E-state index in [2.05, 4.69) is 34.5 Å². The van der Waals surface area contributed by atoms with Crippen molar-refractivity contribution in [3.63, 3.8) is 0 Å². The van der Waals surface area contributed by atoms with E-state index in [0.717, 1.165) is 22.2 Å². The Balaban J connectivity index is 2.02. The second-order valence-electron chi connectivity index (χ2n) is 6.74. The van der Waals surface area contributed by atoms with Crippen LogP contribution in [-0.2, 0) is 10.0 Å². The van der Waals surface area contributed by atoms with Gasteiger partial charge in [0.2, 0.25) is 10.0 Å². The van der Waals surface area contributed by atoms with Gasteiger partial charge in [-0.05, 0) is 65.6 Å². The number of aryl methyl sites for hydroxylation is 1. The van der Waals surface area contributed by atoms with Crippen molar-refractivity contribution >= 4 is 37.3 Å². The number of nitrogens with one attached hydrogen (secondary N) is 1. The summed E-state index contributed by atoms with van der Waals surface area (Å²) in [4.78, 5) is 0. The zero-order valence-corrected chi connectivity index (χ0v) is 15.8. The van der Waals surface area contributed by atoms with Gasteiger partial charge in [0.1, 0.15) is 4.21 Å². The highest BCUT2D eigenvalue weighted by Crippen LogP contribution is 2.40. The Morgan fingerprint density at radius 1 is 1.33 bits per heavy atom. The molecule has 0 saturated heterocycles. The summed E-state index contributed by atoms with van der Waals surface area (Å²) in [5, 5.41) is 10.5.